The molecule has 0 bridgehead atoms. The van der Waals surface area contributed by atoms with Crippen LogP contribution in [-0.2, 0) is 6.18 Å². The Morgan fingerprint density at radius 3 is 2.30 bits per heavy atom. The molecule has 2 aromatic rings. The van der Waals surface area contributed by atoms with Crippen molar-refractivity contribution in [2.75, 3.05) is 6.54 Å². The molecule has 0 amide bonds. The van der Waals surface area contributed by atoms with Gasteiger partial charge in [-0.3, -0.25) is 4.98 Å². The van der Waals surface area contributed by atoms with Crippen molar-refractivity contribution in [1.82, 2.24) is 10.3 Å². The number of pyridine rings is 1. The molecule has 3 rings (SSSR count). The molecule has 0 radical (unpaired) electrons. The van der Waals surface area contributed by atoms with Gasteiger partial charge in [0.1, 0.15) is 0 Å². The Morgan fingerprint density at radius 2 is 1.74 bits per heavy atom. The standard InChI is InChI=1S/C16H13F3N3.2C2H6.U/c17-16(18,19)11-3-1-10(2-4-11)15-12-5-7-21-9-13(12)14(20)6-8-22-15;2*1-2;/h1,3-5,7,9,22H,6,8,20H2;2*1-2H3;/q-1;;;. The van der Waals surface area contributed by atoms with Crippen LogP contribution in [0.1, 0.15) is 45.2 Å². The van der Waals surface area contributed by atoms with Gasteiger partial charge in [-0.25, -0.2) is 0 Å². The summed E-state index contributed by atoms with van der Waals surface area (Å²) in [5.74, 6) is 0. The van der Waals surface area contributed by atoms with Gasteiger partial charge in [0.15, 0.2) is 0 Å². The third-order valence-electron chi connectivity index (χ3n) is 3.54. The average Bonchev–Trinajstić information content (AvgIpc) is 2.84. The van der Waals surface area contributed by atoms with Gasteiger partial charge in [-0.1, -0.05) is 27.7 Å². The van der Waals surface area contributed by atoms with Gasteiger partial charge < -0.3 is 11.1 Å². The van der Waals surface area contributed by atoms with E-state index in [-0.39, 0.29) is 31.1 Å². The molecule has 1 aromatic heterocycles. The Morgan fingerprint density at radius 1 is 1.07 bits per heavy atom. The smallest absolute Gasteiger partial charge is 0.381 e. The Labute approximate surface area is 182 Å². The molecule has 0 saturated carbocycles. The molecule has 1 aliphatic rings. The number of benzene rings is 1. The summed E-state index contributed by atoms with van der Waals surface area (Å²) in [5, 5.41) is 4.84. The fraction of sp³-hybridized carbons (Fsp3) is 0.350. The topological polar surface area (TPSA) is 50.9 Å². The van der Waals surface area contributed by atoms with E-state index in [1.165, 1.54) is 6.07 Å². The van der Waals surface area contributed by atoms with Gasteiger partial charge in [0, 0.05) is 67.4 Å². The number of fused-ring (bicyclic) bond motifs is 1. The van der Waals surface area contributed by atoms with Crippen LogP contribution in [-0.4, -0.2) is 11.5 Å². The number of hydrogen-bond acceptors (Lipinski definition) is 3. The molecular weight excluding hydrogens is 577 g/mol. The summed E-state index contributed by atoms with van der Waals surface area (Å²) in [7, 11) is 0. The van der Waals surface area contributed by atoms with E-state index in [0.717, 1.165) is 22.6 Å². The first-order valence-electron chi connectivity index (χ1n) is 8.73. The molecule has 1 aromatic carbocycles. The Hall–Kier alpha value is -1.45. The van der Waals surface area contributed by atoms with Crippen LogP contribution in [0, 0.1) is 37.2 Å². The van der Waals surface area contributed by atoms with E-state index in [4.69, 9.17) is 5.73 Å². The van der Waals surface area contributed by atoms with Crippen molar-refractivity contribution in [3.05, 3.63) is 64.3 Å². The summed E-state index contributed by atoms with van der Waals surface area (Å²) in [6.45, 7) is 8.60. The summed E-state index contributed by atoms with van der Waals surface area (Å²) in [5.41, 5.74) is 7.30. The van der Waals surface area contributed by atoms with Gasteiger partial charge in [0.05, 0.1) is 0 Å². The first kappa shape index (κ1) is 25.6. The molecular formula is C20H25F3N3U-. The predicted molar refractivity (Wildman–Crippen MR) is 99.2 cm³/mol. The molecule has 0 atom stereocenters. The van der Waals surface area contributed by atoms with Crippen molar-refractivity contribution in [2.45, 2.75) is 40.3 Å². The fourth-order valence-corrected chi connectivity index (χ4v) is 2.42. The summed E-state index contributed by atoms with van der Waals surface area (Å²) in [4.78, 5) is 4.06. The van der Waals surface area contributed by atoms with Crippen LogP contribution in [0.3, 0.4) is 0 Å². The SMILES string of the molecule is CC.CC.NC1=c2cnccc2=C(c2[c-]cc(C(F)(F)F)cc2)NCC1.[U]. The molecule has 3 N–H and O–H groups in total. The van der Waals surface area contributed by atoms with Crippen LogP contribution in [0.25, 0.3) is 11.4 Å². The van der Waals surface area contributed by atoms with Gasteiger partial charge >= 0.3 is 6.18 Å². The quantitative estimate of drug-likeness (QED) is 0.494. The normalized spacial score (nSPS) is 12.7. The third kappa shape index (κ3) is 6.58. The fourth-order valence-electron chi connectivity index (χ4n) is 2.42. The number of nitrogens with one attached hydrogen (secondary N) is 1. The largest absolute Gasteiger partial charge is 0.422 e. The number of hydrogen-bond donors (Lipinski definition) is 2. The molecule has 1 aliphatic heterocycles. The maximum absolute atomic E-state index is 12.6. The zero-order valence-corrected chi connectivity index (χ0v) is 20.2. The minimum Gasteiger partial charge on any atom is -0.422 e. The van der Waals surface area contributed by atoms with E-state index >= 15 is 0 Å². The molecule has 0 spiro atoms. The second-order valence-corrected chi connectivity index (χ2v) is 4.99. The van der Waals surface area contributed by atoms with Crippen LogP contribution >= 0.6 is 0 Å². The average molecular weight is 602 g/mol. The van der Waals surface area contributed by atoms with Crippen molar-refractivity contribution in [3.63, 3.8) is 0 Å². The Kier molecular flexibility index (Phi) is 11.4. The van der Waals surface area contributed by atoms with E-state index < -0.39 is 11.7 Å². The second kappa shape index (κ2) is 12.1. The predicted octanol–water partition coefficient (Wildman–Crippen LogP) is 3.17. The molecule has 7 heteroatoms. The van der Waals surface area contributed by atoms with Crippen molar-refractivity contribution in [1.29, 1.82) is 0 Å². The first-order chi connectivity index (χ1) is 12.5. The van der Waals surface area contributed by atoms with Crippen LogP contribution < -0.4 is 21.5 Å². The van der Waals surface area contributed by atoms with Gasteiger partial charge in [-0.15, -0.1) is 29.8 Å². The summed E-state index contributed by atoms with van der Waals surface area (Å²) in [6, 6.07) is 7.93. The summed E-state index contributed by atoms with van der Waals surface area (Å²) >= 11 is 0. The number of nitrogens with zero attached hydrogens (tertiary/aromatic N) is 1. The Balaban J connectivity index is 0.00000127. The zero-order chi connectivity index (χ0) is 19.7. The van der Waals surface area contributed by atoms with Crippen LogP contribution in [0.15, 0.2) is 36.7 Å². The van der Waals surface area contributed by atoms with Gasteiger partial charge in [0.2, 0.25) is 0 Å². The number of rotatable bonds is 1. The van der Waals surface area contributed by atoms with Gasteiger partial charge in [-0.2, -0.15) is 13.2 Å². The van der Waals surface area contributed by atoms with Gasteiger partial charge in [-0.05, 0) is 22.5 Å². The minimum absolute atomic E-state index is 0. The molecule has 3 nitrogen and oxygen atoms in total. The van der Waals surface area contributed by atoms with E-state index in [2.05, 4.69) is 16.4 Å². The first-order valence-corrected chi connectivity index (χ1v) is 8.73. The number of alkyl halides is 3. The molecule has 146 valence electrons. The van der Waals surface area contributed by atoms with Crippen LogP contribution in [0.4, 0.5) is 13.2 Å². The minimum atomic E-state index is -4.36. The molecule has 0 unspecified atom stereocenters. The van der Waals surface area contributed by atoms with Crippen molar-refractivity contribution >= 4 is 11.4 Å². The second-order valence-electron chi connectivity index (χ2n) is 4.99. The van der Waals surface area contributed by atoms with Crippen molar-refractivity contribution in [2.24, 2.45) is 5.73 Å². The van der Waals surface area contributed by atoms with E-state index in [1.54, 1.807) is 18.5 Å². The van der Waals surface area contributed by atoms with Crippen molar-refractivity contribution < 1.29 is 44.3 Å². The number of halogens is 3. The van der Waals surface area contributed by atoms with Crippen molar-refractivity contribution in [3.8, 4) is 0 Å². The molecule has 2 heterocycles. The monoisotopic (exact) mass is 602 g/mol. The van der Waals surface area contributed by atoms with E-state index in [9.17, 15) is 13.2 Å². The maximum Gasteiger partial charge on any atom is 0.381 e. The number of aromatic nitrogens is 1. The third-order valence-corrected chi connectivity index (χ3v) is 3.54. The van der Waals surface area contributed by atoms with Crippen LogP contribution in [0.5, 0.6) is 0 Å². The zero-order valence-electron chi connectivity index (χ0n) is 16.0. The Bertz CT molecular complexity index is 816. The van der Waals surface area contributed by atoms with Crippen LogP contribution in [0.2, 0.25) is 0 Å². The summed E-state index contributed by atoms with van der Waals surface area (Å²) in [6.07, 6.45) is -0.426. The molecule has 0 aliphatic carbocycles. The number of nitrogens with two attached hydrogens (primary N) is 1. The molecule has 0 saturated heterocycles. The molecule has 27 heavy (non-hydrogen) atoms. The maximum atomic E-state index is 12.6. The van der Waals surface area contributed by atoms with E-state index in [1.807, 2.05) is 27.7 Å². The summed E-state index contributed by atoms with van der Waals surface area (Å²) < 4.78 is 37.9. The van der Waals surface area contributed by atoms with Gasteiger partial charge in [0.25, 0.3) is 0 Å². The van der Waals surface area contributed by atoms with E-state index in [0.29, 0.717) is 29.9 Å². The molecule has 0 fully saturated rings.